The van der Waals surface area contributed by atoms with Crippen molar-refractivity contribution in [2.75, 3.05) is 24.2 Å². The number of hydrogen-bond acceptors (Lipinski definition) is 5. The largest absolute Gasteiger partial charge is 0.481 e. The van der Waals surface area contributed by atoms with E-state index in [9.17, 15) is 13.6 Å². The van der Waals surface area contributed by atoms with Gasteiger partial charge in [0, 0.05) is 25.1 Å². The van der Waals surface area contributed by atoms with Gasteiger partial charge in [-0.15, -0.1) is 0 Å². The van der Waals surface area contributed by atoms with Gasteiger partial charge in [-0.05, 0) is 25.0 Å². The number of nitrogens with zero attached hydrogens (tertiary/aromatic N) is 3. The molecule has 1 aliphatic carbocycles. The van der Waals surface area contributed by atoms with E-state index in [1.54, 1.807) is 13.2 Å². The first kappa shape index (κ1) is 16.4. The van der Waals surface area contributed by atoms with Gasteiger partial charge in [-0.25, -0.2) is 9.97 Å². The maximum absolute atomic E-state index is 14.0. The van der Waals surface area contributed by atoms with Crippen LogP contribution in [0.4, 0.5) is 14.6 Å². The number of alkyl halides is 2. The first-order valence-corrected chi connectivity index (χ1v) is 8.87. The lowest BCUT2D eigenvalue weighted by Crippen LogP contribution is -2.27. The number of anilines is 1. The van der Waals surface area contributed by atoms with Gasteiger partial charge in [-0.1, -0.05) is 18.7 Å². The summed E-state index contributed by atoms with van der Waals surface area (Å²) in [6, 6.07) is 0. The van der Waals surface area contributed by atoms with Gasteiger partial charge < -0.3 is 10.0 Å². The van der Waals surface area contributed by atoms with Crippen molar-refractivity contribution in [3.05, 3.63) is 11.3 Å². The van der Waals surface area contributed by atoms with Crippen molar-refractivity contribution in [2.45, 2.75) is 37.3 Å². The Bertz CT molecular complexity index is 641. The minimum absolute atomic E-state index is 0.0118. The number of halogens is 2. The van der Waals surface area contributed by atoms with E-state index in [1.807, 2.05) is 4.90 Å². The van der Waals surface area contributed by atoms with Gasteiger partial charge in [-0.3, -0.25) is 4.79 Å². The van der Waals surface area contributed by atoms with Crippen molar-refractivity contribution in [3.8, 4) is 0 Å². The first-order valence-electron chi connectivity index (χ1n) is 7.64. The summed E-state index contributed by atoms with van der Waals surface area (Å²) < 4.78 is 28.1. The second-order valence-corrected chi connectivity index (χ2v) is 6.96. The molecule has 0 amide bonds. The minimum atomic E-state index is -2.90. The average Bonchev–Trinajstić information content (AvgIpc) is 3.11. The summed E-state index contributed by atoms with van der Waals surface area (Å²) in [7, 11) is 0. The number of rotatable bonds is 4. The summed E-state index contributed by atoms with van der Waals surface area (Å²) in [5.74, 6) is -3.59. The average molecular weight is 343 g/mol. The van der Waals surface area contributed by atoms with E-state index < -0.39 is 17.8 Å². The molecular formula is C15H19F2N3O2S. The van der Waals surface area contributed by atoms with E-state index in [-0.39, 0.29) is 24.5 Å². The number of aromatic nitrogens is 2. The lowest BCUT2D eigenvalue weighted by molar-refractivity contribution is -0.142. The molecule has 1 N–H and O–H groups in total. The Balaban J connectivity index is 1.92. The molecule has 1 aromatic heterocycles. The monoisotopic (exact) mass is 343 g/mol. The summed E-state index contributed by atoms with van der Waals surface area (Å²) in [6.07, 6.45) is 2.53. The van der Waals surface area contributed by atoms with Crippen molar-refractivity contribution < 1.29 is 18.7 Å². The van der Waals surface area contributed by atoms with Gasteiger partial charge in [0.2, 0.25) is 0 Å². The third-order valence-corrected chi connectivity index (χ3v) is 5.35. The molecule has 0 saturated carbocycles. The van der Waals surface area contributed by atoms with Gasteiger partial charge in [0.05, 0.1) is 5.92 Å². The number of aliphatic carboxylic acids is 1. The van der Waals surface area contributed by atoms with Gasteiger partial charge in [0.25, 0.3) is 5.92 Å². The molecule has 3 rings (SSSR count). The maximum Gasteiger partial charge on any atom is 0.306 e. The predicted molar refractivity (Wildman–Crippen MR) is 83.1 cm³/mol. The van der Waals surface area contributed by atoms with Gasteiger partial charge in [0.15, 0.2) is 5.16 Å². The third kappa shape index (κ3) is 2.88. The molecule has 0 spiro atoms. The molecule has 0 aromatic carbocycles. The Labute approximate surface area is 137 Å². The number of carbonyl (C=O) groups is 1. The van der Waals surface area contributed by atoms with E-state index >= 15 is 0 Å². The Morgan fingerprint density at radius 3 is 2.87 bits per heavy atom. The Hall–Kier alpha value is -1.44. The van der Waals surface area contributed by atoms with Crippen LogP contribution in [0.3, 0.4) is 0 Å². The number of hydrogen-bond donors (Lipinski definition) is 1. The van der Waals surface area contributed by atoms with Crippen LogP contribution in [-0.4, -0.2) is 40.4 Å². The van der Waals surface area contributed by atoms with Gasteiger partial charge in [0.1, 0.15) is 11.5 Å². The fourth-order valence-electron chi connectivity index (χ4n) is 3.33. The van der Waals surface area contributed by atoms with Crippen LogP contribution in [0.15, 0.2) is 5.16 Å². The summed E-state index contributed by atoms with van der Waals surface area (Å²) in [5.41, 5.74) is 0.373. The van der Waals surface area contributed by atoms with Crippen LogP contribution in [0.2, 0.25) is 0 Å². The normalized spacial score (nSPS) is 23.8. The van der Waals surface area contributed by atoms with E-state index in [4.69, 9.17) is 5.11 Å². The Morgan fingerprint density at radius 2 is 2.22 bits per heavy atom. The topological polar surface area (TPSA) is 66.3 Å². The molecular weight excluding hydrogens is 324 g/mol. The van der Waals surface area contributed by atoms with Crippen LogP contribution >= 0.6 is 11.8 Å². The molecule has 23 heavy (non-hydrogen) atoms. The third-order valence-electron chi connectivity index (χ3n) is 4.80. The molecule has 5 nitrogen and oxygen atoms in total. The van der Waals surface area contributed by atoms with Crippen LogP contribution < -0.4 is 4.90 Å². The SMILES string of the molecule is CSc1nc(N2CCC(C(C)C(=O)O)C2)c2c(n1)C(F)(F)CC2. The number of carboxylic acids is 1. The number of fused-ring (bicyclic) bond motifs is 1. The summed E-state index contributed by atoms with van der Waals surface area (Å²) >= 11 is 1.24. The number of thioether (sulfide) groups is 1. The van der Waals surface area contributed by atoms with Crippen LogP contribution in [0, 0.1) is 11.8 Å². The van der Waals surface area contributed by atoms with Crippen LogP contribution in [0.5, 0.6) is 0 Å². The zero-order valence-corrected chi connectivity index (χ0v) is 13.9. The van der Waals surface area contributed by atoms with Crippen molar-refractivity contribution in [2.24, 2.45) is 11.8 Å². The van der Waals surface area contributed by atoms with Crippen LogP contribution in [0.25, 0.3) is 0 Å². The summed E-state index contributed by atoms with van der Waals surface area (Å²) in [6.45, 7) is 2.88. The van der Waals surface area contributed by atoms with E-state index in [0.29, 0.717) is 29.6 Å². The molecule has 2 atom stereocenters. The van der Waals surface area contributed by atoms with Gasteiger partial charge in [-0.2, -0.15) is 8.78 Å². The molecule has 0 bridgehead atoms. The zero-order valence-electron chi connectivity index (χ0n) is 13.1. The Kier molecular flexibility index (Phi) is 4.20. The molecule has 1 aliphatic heterocycles. The highest BCUT2D eigenvalue weighted by Gasteiger charge is 2.44. The molecule has 126 valence electrons. The smallest absolute Gasteiger partial charge is 0.306 e. The maximum atomic E-state index is 14.0. The van der Waals surface area contributed by atoms with Crippen LogP contribution in [0.1, 0.15) is 31.0 Å². The quantitative estimate of drug-likeness (QED) is 0.670. The first-order chi connectivity index (χ1) is 10.8. The predicted octanol–water partition coefficient (Wildman–Crippen LogP) is 2.78. The lowest BCUT2D eigenvalue weighted by Gasteiger charge is -2.22. The van der Waals surface area contributed by atoms with Gasteiger partial charge >= 0.3 is 5.97 Å². The van der Waals surface area contributed by atoms with E-state index in [2.05, 4.69) is 9.97 Å². The highest BCUT2D eigenvalue weighted by Crippen LogP contribution is 2.45. The lowest BCUT2D eigenvalue weighted by atomic mass is 9.94. The second kappa shape index (κ2) is 5.89. The standard InChI is InChI=1S/C15H19F2N3O2S/c1-8(13(21)22)9-4-6-20(7-9)12-10-3-5-15(16,17)11(10)18-14(19-12)23-2/h8-9H,3-7H2,1-2H3,(H,21,22). The van der Waals surface area contributed by atoms with Crippen molar-refractivity contribution >= 4 is 23.5 Å². The molecule has 2 unspecified atom stereocenters. The molecule has 2 heterocycles. The van der Waals surface area contributed by atoms with Crippen molar-refractivity contribution in [3.63, 3.8) is 0 Å². The molecule has 1 aromatic rings. The molecule has 0 radical (unpaired) electrons. The summed E-state index contributed by atoms with van der Waals surface area (Å²) in [5, 5.41) is 9.50. The highest BCUT2D eigenvalue weighted by atomic mass is 32.2. The van der Waals surface area contributed by atoms with E-state index in [1.165, 1.54) is 11.8 Å². The highest BCUT2D eigenvalue weighted by molar-refractivity contribution is 7.98. The molecule has 2 aliphatic rings. The fourth-order valence-corrected chi connectivity index (χ4v) is 3.69. The van der Waals surface area contributed by atoms with Crippen molar-refractivity contribution in [1.82, 2.24) is 9.97 Å². The molecule has 1 saturated heterocycles. The van der Waals surface area contributed by atoms with Crippen molar-refractivity contribution in [1.29, 1.82) is 0 Å². The Morgan fingerprint density at radius 1 is 1.48 bits per heavy atom. The molecule has 1 fully saturated rings. The molecule has 8 heteroatoms. The minimum Gasteiger partial charge on any atom is -0.481 e. The zero-order chi connectivity index (χ0) is 16.8. The van der Waals surface area contributed by atoms with Crippen LogP contribution in [-0.2, 0) is 17.1 Å². The second-order valence-electron chi connectivity index (χ2n) is 6.19. The van der Waals surface area contributed by atoms with E-state index in [0.717, 1.165) is 6.42 Å². The summed E-state index contributed by atoms with van der Waals surface area (Å²) in [4.78, 5) is 21.6. The fraction of sp³-hybridized carbons (Fsp3) is 0.667. The number of carboxylic acid groups (broad SMARTS) is 1.